The predicted octanol–water partition coefficient (Wildman–Crippen LogP) is 3.96. The van der Waals surface area contributed by atoms with E-state index < -0.39 is 0 Å². The van der Waals surface area contributed by atoms with Crippen LogP contribution in [0.3, 0.4) is 0 Å². The van der Waals surface area contributed by atoms with Crippen molar-refractivity contribution < 1.29 is 9.90 Å². The molecule has 0 radical (unpaired) electrons. The highest BCUT2D eigenvalue weighted by Gasteiger charge is 2.24. The zero-order chi connectivity index (χ0) is 13.4. The van der Waals surface area contributed by atoms with Gasteiger partial charge >= 0.3 is 0 Å². The van der Waals surface area contributed by atoms with Gasteiger partial charge in [-0.25, -0.2) is 0 Å². The number of carbonyl (C=O) groups is 1. The number of hydrogen-bond donors (Lipinski definition) is 2. The van der Waals surface area contributed by atoms with Crippen LogP contribution in [0.2, 0.25) is 0 Å². The van der Waals surface area contributed by atoms with E-state index >= 15 is 0 Å². The van der Waals surface area contributed by atoms with Crippen molar-refractivity contribution in [1.82, 2.24) is 6.15 Å². The minimum atomic E-state index is -0.177. The molecule has 0 aliphatic carbocycles. The van der Waals surface area contributed by atoms with E-state index in [9.17, 15) is 9.90 Å². The molecule has 4 N–H and O–H groups in total. The van der Waals surface area contributed by atoms with Crippen molar-refractivity contribution in [1.29, 1.82) is 0 Å². The fourth-order valence-corrected chi connectivity index (χ4v) is 1.75. The lowest BCUT2D eigenvalue weighted by Gasteiger charge is -2.26. The molecular weight excluding hydrogens is 226 g/mol. The number of phenolic OH excluding ortho intramolecular Hbond substituents is 1. The van der Waals surface area contributed by atoms with E-state index in [1.54, 1.807) is 6.07 Å². The molecule has 1 rings (SSSR count). The second-order valence-corrected chi connectivity index (χ2v) is 6.58. The van der Waals surface area contributed by atoms with Gasteiger partial charge in [0.1, 0.15) is 5.75 Å². The molecule has 102 valence electrons. The maximum atomic E-state index is 11.0. The molecule has 18 heavy (non-hydrogen) atoms. The van der Waals surface area contributed by atoms with Crippen molar-refractivity contribution in [3.8, 4) is 5.75 Å². The standard InChI is InChI=1S/C15H22O2.H3N/c1-14(2,3)11-7-10(9-16)13(17)12(8-11)15(4,5)6;/h7-9,17H,1-6H3;1H3. The molecule has 0 aliphatic rings. The molecule has 0 amide bonds. The van der Waals surface area contributed by atoms with Crippen LogP contribution >= 0.6 is 0 Å². The highest BCUT2D eigenvalue weighted by Crippen LogP contribution is 2.36. The fourth-order valence-electron chi connectivity index (χ4n) is 1.75. The number of aldehydes is 1. The Kier molecular flexibility index (Phi) is 4.72. The molecular formula is C15H25NO2. The van der Waals surface area contributed by atoms with Crippen LogP contribution in [-0.2, 0) is 10.8 Å². The van der Waals surface area contributed by atoms with Gasteiger partial charge in [-0.3, -0.25) is 4.79 Å². The Balaban J connectivity index is 0.00000289. The van der Waals surface area contributed by atoms with Crippen LogP contribution in [0, 0.1) is 0 Å². The summed E-state index contributed by atoms with van der Waals surface area (Å²) < 4.78 is 0. The van der Waals surface area contributed by atoms with Gasteiger partial charge in [-0.15, -0.1) is 0 Å². The Morgan fingerprint density at radius 3 is 1.83 bits per heavy atom. The number of hydrogen-bond acceptors (Lipinski definition) is 3. The highest BCUT2D eigenvalue weighted by atomic mass is 16.3. The van der Waals surface area contributed by atoms with Crippen molar-refractivity contribution in [2.45, 2.75) is 52.4 Å². The van der Waals surface area contributed by atoms with Crippen LogP contribution < -0.4 is 6.15 Å². The number of benzene rings is 1. The minimum Gasteiger partial charge on any atom is -0.507 e. The van der Waals surface area contributed by atoms with Crippen molar-refractivity contribution >= 4 is 6.29 Å². The Hall–Kier alpha value is -1.35. The van der Waals surface area contributed by atoms with E-state index in [4.69, 9.17) is 0 Å². The van der Waals surface area contributed by atoms with Gasteiger partial charge in [0.2, 0.25) is 0 Å². The summed E-state index contributed by atoms with van der Waals surface area (Å²) in [5, 5.41) is 10.1. The first-order chi connectivity index (χ1) is 7.57. The van der Waals surface area contributed by atoms with Gasteiger partial charge in [-0.2, -0.15) is 0 Å². The summed E-state index contributed by atoms with van der Waals surface area (Å²) in [6.07, 6.45) is 0.722. The van der Waals surface area contributed by atoms with Gasteiger partial charge in [-0.05, 0) is 22.5 Å². The predicted molar refractivity (Wildman–Crippen MR) is 75.9 cm³/mol. The normalized spacial score (nSPS) is 11.9. The van der Waals surface area contributed by atoms with E-state index in [1.165, 1.54) is 0 Å². The Bertz CT molecular complexity index is 437. The van der Waals surface area contributed by atoms with Crippen LogP contribution in [0.4, 0.5) is 0 Å². The summed E-state index contributed by atoms with van der Waals surface area (Å²) in [6.45, 7) is 12.4. The topological polar surface area (TPSA) is 72.3 Å². The molecule has 3 heteroatoms. The van der Waals surface area contributed by atoms with Crippen molar-refractivity contribution in [2.24, 2.45) is 0 Å². The molecule has 0 saturated carbocycles. The SMILES string of the molecule is CC(C)(C)c1cc(C=O)c(O)c(C(C)(C)C)c1.N. The van der Waals surface area contributed by atoms with Crippen LogP contribution in [-0.4, -0.2) is 11.4 Å². The average Bonchev–Trinajstić information content (AvgIpc) is 2.14. The zero-order valence-corrected chi connectivity index (χ0v) is 12.3. The molecule has 0 unspecified atom stereocenters. The highest BCUT2D eigenvalue weighted by molar-refractivity contribution is 5.81. The third kappa shape index (κ3) is 3.33. The maximum absolute atomic E-state index is 11.0. The van der Waals surface area contributed by atoms with Gasteiger partial charge in [0.15, 0.2) is 6.29 Å². The number of rotatable bonds is 1. The lowest BCUT2D eigenvalue weighted by atomic mass is 9.79. The van der Waals surface area contributed by atoms with E-state index in [1.807, 2.05) is 26.8 Å². The molecule has 1 aromatic carbocycles. The van der Waals surface area contributed by atoms with Crippen LogP contribution in [0.25, 0.3) is 0 Å². The quantitative estimate of drug-likeness (QED) is 0.742. The molecule has 0 bridgehead atoms. The summed E-state index contributed by atoms with van der Waals surface area (Å²) in [5.41, 5.74) is 2.06. The van der Waals surface area contributed by atoms with Crippen LogP contribution in [0.5, 0.6) is 5.75 Å². The Labute approximate surface area is 110 Å². The summed E-state index contributed by atoms with van der Waals surface area (Å²) in [5.74, 6) is 0.112. The first-order valence-corrected chi connectivity index (χ1v) is 5.90. The molecule has 1 aromatic rings. The van der Waals surface area contributed by atoms with Crippen LogP contribution in [0.1, 0.15) is 63.0 Å². The summed E-state index contributed by atoms with van der Waals surface area (Å²) in [7, 11) is 0. The van der Waals surface area contributed by atoms with Crippen molar-refractivity contribution in [3.05, 3.63) is 28.8 Å². The lowest BCUT2D eigenvalue weighted by molar-refractivity contribution is 0.112. The minimum absolute atomic E-state index is 0. The molecule has 0 atom stereocenters. The largest absolute Gasteiger partial charge is 0.507 e. The summed E-state index contributed by atoms with van der Waals surface area (Å²) in [6, 6.07) is 3.78. The van der Waals surface area contributed by atoms with Gasteiger partial charge < -0.3 is 11.3 Å². The van der Waals surface area contributed by atoms with Gasteiger partial charge in [-0.1, -0.05) is 47.6 Å². The molecule has 0 spiro atoms. The monoisotopic (exact) mass is 251 g/mol. The second-order valence-electron chi connectivity index (χ2n) is 6.58. The van der Waals surface area contributed by atoms with E-state index in [0.29, 0.717) is 5.56 Å². The number of phenols is 1. The van der Waals surface area contributed by atoms with E-state index in [0.717, 1.165) is 17.4 Å². The van der Waals surface area contributed by atoms with E-state index in [2.05, 4.69) is 20.8 Å². The number of aromatic hydroxyl groups is 1. The molecule has 0 fully saturated rings. The van der Waals surface area contributed by atoms with Crippen LogP contribution in [0.15, 0.2) is 12.1 Å². The molecule has 0 aromatic heterocycles. The van der Waals surface area contributed by atoms with Crippen molar-refractivity contribution in [2.75, 3.05) is 0 Å². The van der Waals surface area contributed by atoms with Gasteiger partial charge in [0.05, 0.1) is 5.56 Å². The van der Waals surface area contributed by atoms with E-state index in [-0.39, 0.29) is 22.7 Å². The van der Waals surface area contributed by atoms with Gasteiger partial charge in [0.25, 0.3) is 0 Å². The first kappa shape index (κ1) is 16.6. The fraction of sp³-hybridized carbons (Fsp3) is 0.533. The lowest BCUT2D eigenvalue weighted by Crippen LogP contribution is -2.17. The maximum Gasteiger partial charge on any atom is 0.153 e. The zero-order valence-electron chi connectivity index (χ0n) is 12.3. The number of carbonyl (C=O) groups excluding carboxylic acids is 1. The smallest absolute Gasteiger partial charge is 0.153 e. The first-order valence-electron chi connectivity index (χ1n) is 5.90. The summed E-state index contributed by atoms with van der Waals surface area (Å²) >= 11 is 0. The molecule has 0 saturated heterocycles. The average molecular weight is 251 g/mol. The second kappa shape index (κ2) is 5.11. The Morgan fingerprint density at radius 2 is 1.50 bits per heavy atom. The third-order valence-corrected chi connectivity index (χ3v) is 2.94. The molecule has 0 aliphatic heterocycles. The Morgan fingerprint density at radius 1 is 1.00 bits per heavy atom. The third-order valence-electron chi connectivity index (χ3n) is 2.94. The van der Waals surface area contributed by atoms with Crippen molar-refractivity contribution in [3.63, 3.8) is 0 Å². The van der Waals surface area contributed by atoms with Gasteiger partial charge in [0, 0.05) is 5.56 Å². The molecule has 0 heterocycles. The molecule has 3 nitrogen and oxygen atoms in total. The summed E-state index contributed by atoms with van der Waals surface area (Å²) in [4.78, 5) is 11.0.